The Labute approximate surface area is 190 Å². The van der Waals surface area contributed by atoms with Gasteiger partial charge in [-0.25, -0.2) is 4.99 Å². The summed E-state index contributed by atoms with van der Waals surface area (Å²) < 4.78 is 10.5. The number of halogens is 1. The Morgan fingerprint density at radius 1 is 1.16 bits per heavy atom. The second kappa shape index (κ2) is 9.62. The third-order valence-electron chi connectivity index (χ3n) is 4.97. The van der Waals surface area contributed by atoms with E-state index in [1.807, 2.05) is 32.0 Å². The zero-order valence-electron chi connectivity index (χ0n) is 18.0. The monoisotopic (exact) mass is 461 g/mol. The molecule has 2 aromatic carbocycles. The van der Waals surface area contributed by atoms with Gasteiger partial charge in [0.2, 0.25) is 11.8 Å². The summed E-state index contributed by atoms with van der Waals surface area (Å²) in [6.07, 6.45) is -0.00607. The van der Waals surface area contributed by atoms with Gasteiger partial charge < -0.3 is 14.8 Å². The summed E-state index contributed by atoms with van der Waals surface area (Å²) in [6.45, 7) is 4.05. The van der Waals surface area contributed by atoms with Gasteiger partial charge in [0, 0.05) is 25.6 Å². The van der Waals surface area contributed by atoms with Gasteiger partial charge in [0.05, 0.1) is 30.6 Å². The fourth-order valence-corrected chi connectivity index (χ4v) is 4.42. The summed E-state index contributed by atoms with van der Waals surface area (Å²) in [5.74, 6) is 0.322. The van der Waals surface area contributed by atoms with Gasteiger partial charge in [-0.15, -0.1) is 0 Å². The maximum atomic E-state index is 12.7. The number of hydrogen-bond acceptors (Lipinski definition) is 6. The number of nitrogens with one attached hydrogen (secondary N) is 1. The van der Waals surface area contributed by atoms with E-state index in [2.05, 4.69) is 10.3 Å². The van der Waals surface area contributed by atoms with Crippen LogP contribution in [0.1, 0.15) is 17.5 Å². The molecule has 164 valence electrons. The summed E-state index contributed by atoms with van der Waals surface area (Å²) in [5.41, 5.74) is 3.49. The molecule has 1 heterocycles. The quantitative estimate of drug-likeness (QED) is 0.681. The van der Waals surface area contributed by atoms with Crippen LogP contribution in [-0.2, 0) is 9.59 Å². The average Bonchev–Trinajstić information content (AvgIpc) is 2.99. The van der Waals surface area contributed by atoms with Crippen molar-refractivity contribution in [2.24, 2.45) is 4.99 Å². The molecule has 2 amide bonds. The first-order valence-electron chi connectivity index (χ1n) is 9.55. The summed E-state index contributed by atoms with van der Waals surface area (Å²) in [7, 11) is 4.63. The molecule has 0 aliphatic carbocycles. The van der Waals surface area contributed by atoms with Crippen LogP contribution in [0.15, 0.2) is 35.3 Å². The summed E-state index contributed by atoms with van der Waals surface area (Å²) in [5, 5.41) is 3.15. The van der Waals surface area contributed by atoms with Crippen molar-refractivity contribution in [3.63, 3.8) is 0 Å². The third kappa shape index (κ3) is 5.14. The van der Waals surface area contributed by atoms with Gasteiger partial charge in [0.1, 0.15) is 16.7 Å². The molecule has 1 atom stereocenters. The van der Waals surface area contributed by atoms with E-state index in [-0.39, 0.29) is 18.2 Å². The predicted octanol–water partition coefficient (Wildman–Crippen LogP) is 4.56. The molecule has 7 nitrogen and oxygen atoms in total. The Bertz CT molecular complexity index is 1060. The second-order valence-electron chi connectivity index (χ2n) is 7.11. The summed E-state index contributed by atoms with van der Waals surface area (Å²) in [4.78, 5) is 31.4. The Hall–Kier alpha value is -2.71. The Morgan fingerprint density at radius 3 is 2.52 bits per heavy atom. The molecular formula is C22H24ClN3O4S. The highest BCUT2D eigenvalue weighted by molar-refractivity contribution is 8.15. The molecule has 1 saturated heterocycles. The van der Waals surface area contributed by atoms with E-state index >= 15 is 0 Å². The van der Waals surface area contributed by atoms with Crippen molar-refractivity contribution >= 4 is 51.7 Å². The Morgan fingerprint density at radius 2 is 1.87 bits per heavy atom. The van der Waals surface area contributed by atoms with Crippen molar-refractivity contribution in [2.75, 3.05) is 26.6 Å². The lowest BCUT2D eigenvalue weighted by Gasteiger charge is -2.14. The third-order valence-corrected chi connectivity index (χ3v) is 6.50. The number of thioether (sulfide) groups is 1. The highest BCUT2D eigenvalue weighted by Gasteiger charge is 2.37. The Balaban J connectivity index is 1.73. The number of amides is 2. The van der Waals surface area contributed by atoms with Gasteiger partial charge in [-0.05, 0) is 37.1 Å². The molecule has 0 unspecified atom stereocenters. The molecule has 0 radical (unpaired) electrons. The fraction of sp³-hybridized carbons (Fsp3) is 0.318. The van der Waals surface area contributed by atoms with Crippen LogP contribution in [0.5, 0.6) is 11.5 Å². The molecule has 1 fully saturated rings. The first-order chi connectivity index (χ1) is 14.7. The lowest BCUT2D eigenvalue weighted by molar-refractivity contribution is -0.127. The molecule has 0 spiro atoms. The minimum atomic E-state index is -0.560. The van der Waals surface area contributed by atoms with Crippen molar-refractivity contribution < 1.29 is 19.1 Å². The summed E-state index contributed by atoms with van der Waals surface area (Å²) in [6, 6.07) is 9.03. The molecule has 0 saturated carbocycles. The van der Waals surface area contributed by atoms with Gasteiger partial charge in [-0.1, -0.05) is 29.4 Å². The van der Waals surface area contributed by atoms with Gasteiger partial charge in [-0.2, -0.15) is 0 Å². The number of amidine groups is 1. The number of rotatable bonds is 6. The molecule has 0 bridgehead atoms. The van der Waals surface area contributed by atoms with E-state index in [1.54, 1.807) is 19.2 Å². The molecule has 3 rings (SSSR count). The van der Waals surface area contributed by atoms with E-state index in [4.69, 9.17) is 21.1 Å². The maximum absolute atomic E-state index is 12.7. The van der Waals surface area contributed by atoms with Gasteiger partial charge >= 0.3 is 0 Å². The minimum Gasteiger partial charge on any atom is -0.495 e. The van der Waals surface area contributed by atoms with E-state index < -0.39 is 5.25 Å². The number of methoxy groups -OCH3 is 2. The number of benzene rings is 2. The number of anilines is 1. The molecular weight excluding hydrogens is 438 g/mol. The zero-order chi connectivity index (χ0) is 22.7. The van der Waals surface area contributed by atoms with E-state index in [9.17, 15) is 9.59 Å². The van der Waals surface area contributed by atoms with Crippen LogP contribution < -0.4 is 14.8 Å². The lowest BCUT2D eigenvalue weighted by atomic mass is 10.1. The second-order valence-corrected chi connectivity index (χ2v) is 8.68. The van der Waals surface area contributed by atoms with Crippen molar-refractivity contribution in [3.05, 3.63) is 46.5 Å². The summed E-state index contributed by atoms with van der Waals surface area (Å²) >= 11 is 7.39. The van der Waals surface area contributed by atoms with Crippen molar-refractivity contribution in [3.8, 4) is 11.5 Å². The highest BCUT2D eigenvalue weighted by atomic mass is 35.5. The van der Waals surface area contributed by atoms with Crippen LogP contribution in [-0.4, -0.2) is 48.4 Å². The molecule has 9 heteroatoms. The van der Waals surface area contributed by atoms with Gasteiger partial charge in [0.25, 0.3) is 0 Å². The van der Waals surface area contributed by atoms with Gasteiger partial charge in [0.15, 0.2) is 5.17 Å². The van der Waals surface area contributed by atoms with Crippen LogP contribution >= 0.6 is 23.4 Å². The fourth-order valence-electron chi connectivity index (χ4n) is 3.03. The maximum Gasteiger partial charge on any atom is 0.242 e. The number of carbonyl (C=O) groups excluding carboxylic acids is 2. The van der Waals surface area contributed by atoms with E-state index in [0.717, 1.165) is 11.3 Å². The van der Waals surface area contributed by atoms with Crippen LogP contribution in [0.2, 0.25) is 5.02 Å². The molecule has 0 aromatic heterocycles. The topological polar surface area (TPSA) is 80.2 Å². The number of ether oxygens (including phenoxy) is 2. The smallest absolute Gasteiger partial charge is 0.242 e. The molecule has 1 aliphatic rings. The Kier molecular flexibility index (Phi) is 7.12. The molecule has 2 aromatic rings. The van der Waals surface area contributed by atoms with Crippen LogP contribution in [0, 0.1) is 13.8 Å². The molecule has 31 heavy (non-hydrogen) atoms. The SMILES string of the molecule is COc1cc(NC(=O)C[C@H]2SC(=Nc3ccc(C)c(C)c3)N(C)C2=O)c(OC)cc1Cl. The standard InChI is InChI=1S/C22H24ClN3O4S/c1-12-6-7-14(8-13(12)2)24-22-26(3)21(28)19(31-22)11-20(27)25-16-10-17(29-4)15(23)9-18(16)30-5/h6-10,19H,11H2,1-5H3,(H,25,27)/t19-/m1/s1. The molecule has 1 N–H and O–H groups in total. The van der Waals surface area contributed by atoms with Crippen molar-refractivity contribution in [1.82, 2.24) is 4.90 Å². The van der Waals surface area contributed by atoms with Crippen LogP contribution in [0.3, 0.4) is 0 Å². The average molecular weight is 462 g/mol. The zero-order valence-corrected chi connectivity index (χ0v) is 19.6. The number of aliphatic imine (C=N–C) groups is 1. The normalized spacial score (nSPS) is 17.2. The lowest BCUT2D eigenvalue weighted by Crippen LogP contribution is -2.30. The van der Waals surface area contributed by atoms with Gasteiger partial charge in [-0.3, -0.25) is 14.5 Å². The van der Waals surface area contributed by atoms with Crippen molar-refractivity contribution in [1.29, 1.82) is 0 Å². The molecule has 1 aliphatic heterocycles. The number of carbonyl (C=O) groups is 2. The van der Waals surface area contributed by atoms with Crippen molar-refractivity contribution in [2.45, 2.75) is 25.5 Å². The van der Waals surface area contributed by atoms with E-state index in [1.165, 1.54) is 36.4 Å². The number of hydrogen-bond donors (Lipinski definition) is 1. The largest absolute Gasteiger partial charge is 0.495 e. The van der Waals surface area contributed by atoms with Crippen LogP contribution in [0.4, 0.5) is 11.4 Å². The number of aryl methyl sites for hydroxylation is 2. The first kappa shape index (κ1) is 23.0. The van der Waals surface area contributed by atoms with Crippen LogP contribution in [0.25, 0.3) is 0 Å². The highest BCUT2D eigenvalue weighted by Crippen LogP contribution is 2.36. The first-order valence-corrected chi connectivity index (χ1v) is 10.8. The predicted molar refractivity (Wildman–Crippen MR) is 125 cm³/mol. The van der Waals surface area contributed by atoms with E-state index in [0.29, 0.717) is 27.4 Å². The number of nitrogens with zero attached hydrogens (tertiary/aromatic N) is 2. The minimum absolute atomic E-state index is 0.00607.